The van der Waals surface area contributed by atoms with Gasteiger partial charge in [0.05, 0.1) is 23.4 Å². The van der Waals surface area contributed by atoms with E-state index in [2.05, 4.69) is 17.2 Å². The predicted octanol–water partition coefficient (Wildman–Crippen LogP) is 1.13. The highest BCUT2D eigenvalue weighted by Crippen LogP contribution is 2.26. The van der Waals surface area contributed by atoms with E-state index in [4.69, 9.17) is 15.7 Å². The highest BCUT2D eigenvalue weighted by atomic mass is 16.5. The molecule has 1 aromatic heterocycles. The average Bonchev–Trinajstić information content (AvgIpc) is 2.68. The van der Waals surface area contributed by atoms with Crippen molar-refractivity contribution in [2.24, 2.45) is 0 Å². The first-order chi connectivity index (χ1) is 7.63. The highest BCUT2D eigenvalue weighted by Gasteiger charge is 2.30. The molecule has 16 heavy (non-hydrogen) atoms. The summed E-state index contributed by atoms with van der Waals surface area (Å²) in [5.41, 5.74) is 6.66. The van der Waals surface area contributed by atoms with Crippen LogP contribution in [0, 0.1) is 11.3 Å². The number of nitrogens with two attached hydrogens (primary N) is 1. The van der Waals surface area contributed by atoms with Gasteiger partial charge in [-0.05, 0) is 19.4 Å². The van der Waals surface area contributed by atoms with E-state index in [0.29, 0.717) is 23.7 Å². The Bertz CT molecular complexity index is 432. The maximum atomic E-state index is 8.70. The van der Waals surface area contributed by atoms with Crippen molar-refractivity contribution in [2.75, 3.05) is 24.3 Å². The van der Waals surface area contributed by atoms with Crippen molar-refractivity contribution >= 4 is 11.5 Å². The minimum absolute atomic E-state index is 0.116. The summed E-state index contributed by atoms with van der Waals surface area (Å²) in [7, 11) is 0. The Morgan fingerprint density at radius 1 is 1.69 bits per heavy atom. The first-order valence-electron chi connectivity index (χ1n) is 5.14. The SMILES string of the molecule is CC1(Nc2ncc(C#N)cc2N)CCOC1. The lowest BCUT2D eigenvalue weighted by Crippen LogP contribution is -2.35. The van der Waals surface area contributed by atoms with Gasteiger partial charge in [0.1, 0.15) is 11.9 Å². The van der Waals surface area contributed by atoms with E-state index in [-0.39, 0.29) is 5.54 Å². The Morgan fingerprint density at radius 3 is 3.06 bits per heavy atom. The van der Waals surface area contributed by atoms with Crippen LogP contribution in [0.3, 0.4) is 0 Å². The number of rotatable bonds is 2. The maximum absolute atomic E-state index is 8.70. The van der Waals surface area contributed by atoms with Gasteiger partial charge in [0.2, 0.25) is 0 Å². The Morgan fingerprint density at radius 2 is 2.50 bits per heavy atom. The summed E-state index contributed by atoms with van der Waals surface area (Å²) >= 11 is 0. The van der Waals surface area contributed by atoms with Crippen molar-refractivity contribution in [1.82, 2.24) is 4.98 Å². The van der Waals surface area contributed by atoms with Gasteiger partial charge in [-0.15, -0.1) is 0 Å². The number of nitrogen functional groups attached to an aromatic ring is 1. The lowest BCUT2D eigenvalue weighted by molar-refractivity contribution is 0.185. The molecule has 84 valence electrons. The third kappa shape index (κ3) is 2.07. The molecule has 0 spiro atoms. The Kier molecular flexibility index (Phi) is 2.67. The fourth-order valence-electron chi connectivity index (χ4n) is 1.70. The van der Waals surface area contributed by atoms with E-state index in [1.54, 1.807) is 6.07 Å². The molecule has 5 nitrogen and oxygen atoms in total. The molecule has 0 aromatic carbocycles. The number of nitrogens with zero attached hydrogens (tertiary/aromatic N) is 2. The molecule has 1 unspecified atom stereocenters. The van der Waals surface area contributed by atoms with E-state index in [0.717, 1.165) is 13.0 Å². The van der Waals surface area contributed by atoms with Gasteiger partial charge >= 0.3 is 0 Å². The zero-order chi connectivity index (χ0) is 11.6. The second-order valence-electron chi connectivity index (χ2n) is 4.26. The van der Waals surface area contributed by atoms with Crippen LogP contribution >= 0.6 is 0 Å². The van der Waals surface area contributed by atoms with Crippen molar-refractivity contribution in [1.29, 1.82) is 5.26 Å². The molecule has 0 bridgehead atoms. The van der Waals surface area contributed by atoms with E-state index in [1.807, 2.05) is 6.07 Å². The maximum Gasteiger partial charge on any atom is 0.149 e. The van der Waals surface area contributed by atoms with E-state index in [9.17, 15) is 0 Å². The Balaban J connectivity index is 2.19. The summed E-state index contributed by atoms with van der Waals surface area (Å²) in [4.78, 5) is 4.14. The molecule has 1 fully saturated rings. The molecule has 1 saturated heterocycles. The molecular formula is C11H14N4O. The van der Waals surface area contributed by atoms with E-state index < -0.39 is 0 Å². The number of anilines is 2. The highest BCUT2D eigenvalue weighted by molar-refractivity contribution is 5.64. The topological polar surface area (TPSA) is 84.0 Å². The molecule has 2 rings (SSSR count). The molecule has 3 N–H and O–H groups in total. The van der Waals surface area contributed by atoms with Crippen LogP contribution in [0.15, 0.2) is 12.3 Å². The van der Waals surface area contributed by atoms with Gasteiger partial charge in [-0.25, -0.2) is 4.98 Å². The molecule has 5 heteroatoms. The summed E-state index contributed by atoms with van der Waals surface area (Å²) in [5.74, 6) is 0.618. The van der Waals surface area contributed by atoms with Gasteiger partial charge in [-0.1, -0.05) is 0 Å². The van der Waals surface area contributed by atoms with Crippen molar-refractivity contribution in [3.8, 4) is 6.07 Å². The molecule has 1 aliphatic rings. The summed E-state index contributed by atoms with van der Waals surface area (Å²) < 4.78 is 5.33. The molecule has 0 aliphatic carbocycles. The molecule has 1 aromatic rings. The van der Waals surface area contributed by atoms with Gasteiger partial charge in [0.25, 0.3) is 0 Å². The van der Waals surface area contributed by atoms with Crippen LogP contribution in [0.5, 0.6) is 0 Å². The molecule has 1 atom stereocenters. The van der Waals surface area contributed by atoms with Gasteiger partial charge in [-0.3, -0.25) is 0 Å². The fraction of sp³-hybridized carbons (Fsp3) is 0.455. The van der Waals surface area contributed by atoms with Crippen molar-refractivity contribution in [3.63, 3.8) is 0 Å². The summed E-state index contributed by atoms with van der Waals surface area (Å²) in [6.07, 6.45) is 2.44. The van der Waals surface area contributed by atoms with Crippen molar-refractivity contribution < 1.29 is 4.74 Å². The zero-order valence-electron chi connectivity index (χ0n) is 9.16. The zero-order valence-corrected chi connectivity index (χ0v) is 9.16. The second kappa shape index (κ2) is 3.99. The van der Waals surface area contributed by atoms with E-state index in [1.165, 1.54) is 6.20 Å². The van der Waals surface area contributed by atoms with Crippen LogP contribution in [0.4, 0.5) is 11.5 Å². The smallest absolute Gasteiger partial charge is 0.149 e. The third-order valence-corrected chi connectivity index (χ3v) is 2.69. The standard InChI is InChI=1S/C11H14N4O/c1-11(2-3-16-7-11)15-10-9(13)4-8(5-12)6-14-10/h4,6H,2-3,7,13H2,1H3,(H,14,15). The molecule has 1 aliphatic heterocycles. The first kappa shape index (κ1) is 10.7. The first-order valence-corrected chi connectivity index (χ1v) is 5.14. The fourth-order valence-corrected chi connectivity index (χ4v) is 1.70. The monoisotopic (exact) mass is 218 g/mol. The lowest BCUT2D eigenvalue weighted by Gasteiger charge is -2.24. The van der Waals surface area contributed by atoms with Crippen LogP contribution in [0.25, 0.3) is 0 Å². The van der Waals surface area contributed by atoms with Crippen molar-refractivity contribution in [2.45, 2.75) is 18.9 Å². The number of nitrogens with one attached hydrogen (secondary N) is 1. The number of ether oxygens (including phenoxy) is 1. The number of hydrogen-bond acceptors (Lipinski definition) is 5. The molecular weight excluding hydrogens is 204 g/mol. The van der Waals surface area contributed by atoms with Crippen LogP contribution < -0.4 is 11.1 Å². The number of aromatic nitrogens is 1. The second-order valence-corrected chi connectivity index (χ2v) is 4.26. The van der Waals surface area contributed by atoms with Crippen LogP contribution in [-0.2, 0) is 4.74 Å². The number of nitriles is 1. The molecule has 0 radical (unpaired) electrons. The van der Waals surface area contributed by atoms with E-state index >= 15 is 0 Å². The van der Waals surface area contributed by atoms with Crippen LogP contribution in [0.1, 0.15) is 18.9 Å². The van der Waals surface area contributed by atoms with Crippen LogP contribution in [-0.4, -0.2) is 23.7 Å². The average molecular weight is 218 g/mol. The lowest BCUT2D eigenvalue weighted by atomic mass is 10.0. The van der Waals surface area contributed by atoms with Gasteiger partial charge in [0.15, 0.2) is 0 Å². The number of hydrogen-bond donors (Lipinski definition) is 2. The largest absolute Gasteiger partial charge is 0.396 e. The summed E-state index contributed by atoms with van der Waals surface area (Å²) in [6.45, 7) is 3.47. The van der Waals surface area contributed by atoms with Gasteiger partial charge < -0.3 is 15.8 Å². The number of pyridine rings is 1. The van der Waals surface area contributed by atoms with Crippen LogP contribution in [0.2, 0.25) is 0 Å². The Hall–Kier alpha value is -1.80. The van der Waals surface area contributed by atoms with Crippen molar-refractivity contribution in [3.05, 3.63) is 17.8 Å². The van der Waals surface area contributed by atoms with Gasteiger partial charge in [0, 0.05) is 12.8 Å². The normalized spacial score (nSPS) is 24.0. The summed E-state index contributed by atoms with van der Waals surface area (Å²) in [6, 6.07) is 3.62. The minimum Gasteiger partial charge on any atom is -0.396 e. The molecule has 2 heterocycles. The minimum atomic E-state index is -0.116. The third-order valence-electron chi connectivity index (χ3n) is 2.69. The predicted molar refractivity (Wildman–Crippen MR) is 60.8 cm³/mol. The Labute approximate surface area is 94.2 Å². The summed E-state index contributed by atoms with van der Waals surface area (Å²) in [5, 5.41) is 12.0. The van der Waals surface area contributed by atoms with Gasteiger partial charge in [-0.2, -0.15) is 5.26 Å². The quantitative estimate of drug-likeness (QED) is 0.777. The molecule has 0 amide bonds. The molecule has 0 saturated carbocycles.